The van der Waals surface area contributed by atoms with Crippen molar-refractivity contribution in [3.63, 3.8) is 0 Å². The minimum atomic E-state index is -3.72. The standard InChI is InChI=1S/C23H23N3O4S/c1-17(27)25-20-12-14-22(15-13-20)31(29,30)24-16-18-8-10-19(11-9-18)23(28)26(2)21-6-4-3-5-7-21/h3-15,24H,16H2,1-2H3,(H,25,27). The predicted octanol–water partition coefficient (Wildman–Crippen LogP) is 3.40. The Morgan fingerprint density at radius 3 is 2.06 bits per heavy atom. The lowest BCUT2D eigenvalue weighted by Crippen LogP contribution is -2.26. The van der Waals surface area contributed by atoms with Crippen molar-refractivity contribution >= 4 is 33.2 Å². The Kier molecular flexibility index (Phi) is 6.84. The molecule has 0 unspecified atom stereocenters. The molecule has 0 aliphatic rings. The molecule has 3 aromatic carbocycles. The summed E-state index contributed by atoms with van der Waals surface area (Å²) in [7, 11) is -2.01. The van der Waals surface area contributed by atoms with Gasteiger partial charge in [0.25, 0.3) is 5.91 Å². The summed E-state index contributed by atoms with van der Waals surface area (Å²) in [5.74, 6) is -0.386. The summed E-state index contributed by atoms with van der Waals surface area (Å²) in [6, 6.07) is 22.0. The number of carbonyl (C=O) groups excluding carboxylic acids is 2. The fraction of sp³-hybridized carbons (Fsp3) is 0.130. The van der Waals surface area contributed by atoms with Gasteiger partial charge in [0.15, 0.2) is 0 Å². The first kappa shape index (κ1) is 22.2. The number of carbonyl (C=O) groups is 2. The number of benzene rings is 3. The molecule has 0 aromatic heterocycles. The van der Waals surface area contributed by atoms with Crippen LogP contribution in [0.3, 0.4) is 0 Å². The summed E-state index contributed by atoms with van der Waals surface area (Å²) in [4.78, 5) is 25.4. The zero-order chi connectivity index (χ0) is 22.4. The van der Waals surface area contributed by atoms with Gasteiger partial charge in [0.2, 0.25) is 15.9 Å². The first-order valence-electron chi connectivity index (χ1n) is 9.55. The Hall–Kier alpha value is -3.49. The molecule has 0 spiro atoms. The van der Waals surface area contributed by atoms with Crippen LogP contribution in [0.15, 0.2) is 83.8 Å². The highest BCUT2D eigenvalue weighted by Crippen LogP contribution is 2.17. The first-order valence-corrected chi connectivity index (χ1v) is 11.0. The van der Waals surface area contributed by atoms with Gasteiger partial charge in [-0.15, -0.1) is 0 Å². The molecule has 0 bridgehead atoms. The topological polar surface area (TPSA) is 95.6 Å². The van der Waals surface area contributed by atoms with Gasteiger partial charge < -0.3 is 10.2 Å². The number of hydrogen-bond donors (Lipinski definition) is 2. The fourth-order valence-corrected chi connectivity index (χ4v) is 3.93. The molecule has 31 heavy (non-hydrogen) atoms. The van der Waals surface area contributed by atoms with Crippen LogP contribution in [0.4, 0.5) is 11.4 Å². The van der Waals surface area contributed by atoms with Crippen LogP contribution in [-0.4, -0.2) is 27.3 Å². The number of rotatable bonds is 7. The van der Waals surface area contributed by atoms with Crippen molar-refractivity contribution in [2.75, 3.05) is 17.3 Å². The van der Waals surface area contributed by atoms with Gasteiger partial charge in [-0.05, 0) is 54.1 Å². The molecule has 2 N–H and O–H groups in total. The van der Waals surface area contributed by atoms with Crippen LogP contribution >= 0.6 is 0 Å². The zero-order valence-corrected chi connectivity index (χ0v) is 18.0. The molecule has 3 rings (SSSR count). The molecule has 0 atom stereocenters. The quantitative estimate of drug-likeness (QED) is 0.592. The number of nitrogens with one attached hydrogen (secondary N) is 2. The Balaban J connectivity index is 1.63. The van der Waals surface area contributed by atoms with Crippen molar-refractivity contribution in [1.29, 1.82) is 0 Å². The van der Waals surface area contributed by atoms with Gasteiger partial charge in [-0.2, -0.15) is 0 Å². The van der Waals surface area contributed by atoms with Crippen molar-refractivity contribution < 1.29 is 18.0 Å². The van der Waals surface area contributed by atoms with Gasteiger partial charge in [0, 0.05) is 37.5 Å². The highest BCUT2D eigenvalue weighted by molar-refractivity contribution is 7.89. The van der Waals surface area contributed by atoms with E-state index < -0.39 is 10.0 Å². The molecule has 8 heteroatoms. The van der Waals surface area contributed by atoms with E-state index in [9.17, 15) is 18.0 Å². The Morgan fingerprint density at radius 1 is 0.871 bits per heavy atom. The molecule has 3 aromatic rings. The maximum Gasteiger partial charge on any atom is 0.258 e. The minimum absolute atomic E-state index is 0.0821. The van der Waals surface area contributed by atoms with Gasteiger partial charge in [-0.3, -0.25) is 9.59 Å². The van der Waals surface area contributed by atoms with Crippen LogP contribution < -0.4 is 14.9 Å². The monoisotopic (exact) mass is 437 g/mol. The number of anilines is 2. The van der Waals surface area contributed by atoms with Crippen molar-refractivity contribution in [2.45, 2.75) is 18.4 Å². The van der Waals surface area contributed by atoms with Gasteiger partial charge in [0.05, 0.1) is 4.90 Å². The molecule has 160 valence electrons. The van der Waals surface area contributed by atoms with E-state index in [1.807, 2.05) is 30.3 Å². The lowest BCUT2D eigenvalue weighted by molar-refractivity contribution is -0.114. The highest BCUT2D eigenvalue weighted by atomic mass is 32.2. The minimum Gasteiger partial charge on any atom is -0.326 e. The molecule has 0 aliphatic heterocycles. The Morgan fingerprint density at radius 2 is 1.48 bits per heavy atom. The molecule has 0 radical (unpaired) electrons. The smallest absolute Gasteiger partial charge is 0.258 e. The second kappa shape index (κ2) is 9.55. The number of hydrogen-bond acceptors (Lipinski definition) is 4. The third kappa shape index (κ3) is 5.78. The van der Waals surface area contributed by atoms with Crippen molar-refractivity contribution in [1.82, 2.24) is 4.72 Å². The van der Waals surface area contributed by atoms with Crippen molar-refractivity contribution in [3.05, 3.63) is 90.0 Å². The van der Waals surface area contributed by atoms with Crippen LogP contribution in [0, 0.1) is 0 Å². The predicted molar refractivity (Wildman–Crippen MR) is 120 cm³/mol. The second-order valence-corrected chi connectivity index (χ2v) is 8.69. The van der Waals surface area contributed by atoms with Crippen LogP contribution in [0.1, 0.15) is 22.8 Å². The molecule has 2 amide bonds. The number of nitrogens with zero attached hydrogens (tertiary/aromatic N) is 1. The molecular formula is C23H23N3O4S. The summed E-state index contributed by atoms with van der Waals surface area (Å²) in [6.45, 7) is 1.46. The number of amides is 2. The molecule has 0 heterocycles. The summed E-state index contributed by atoms with van der Waals surface area (Å²) < 4.78 is 27.5. The van der Waals surface area contributed by atoms with E-state index >= 15 is 0 Å². The van der Waals surface area contributed by atoms with E-state index in [0.717, 1.165) is 11.3 Å². The molecule has 0 saturated carbocycles. The van der Waals surface area contributed by atoms with Crippen LogP contribution in [0.2, 0.25) is 0 Å². The summed E-state index contributed by atoms with van der Waals surface area (Å²) in [5, 5.41) is 2.59. The van der Waals surface area contributed by atoms with E-state index in [1.165, 1.54) is 31.2 Å². The SMILES string of the molecule is CC(=O)Nc1ccc(S(=O)(=O)NCc2ccc(C(=O)N(C)c3ccccc3)cc2)cc1. The molecule has 0 fully saturated rings. The normalized spacial score (nSPS) is 11.0. The van der Waals surface area contributed by atoms with Gasteiger partial charge >= 0.3 is 0 Å². The van der Waals surface area contributed by atoms with Gasteiger partial charge in [0.1, 0.15) is 0 Å². The van der Waals surface area contributed by atoms with Gasteiger partial charge in [-0.1, -0.05) is 30.3 Å². The van der Waals surface area contributed by atoms with Crippen molar-refractivity contribution in [2.24, 2.45) is 0 Å². The van der Waals surface area contributed by atoms with E-state index in [1.54, 1.807) is 36.2 Å². The second-order valence-electron chi connectivity index (χ2n) is 6.93. The fourth-order valence-electron chi connectivity index (χ4n) is 2.91. The van der Waals surface area contributed by atoms with E-state index in [0.29, 0.717) is 11.3 Å². The van der Waals surface area contributed by atoms with Crippen LogP contribution in [0.25, 0.3) is 0 Å². The van der Waals surface area contributed by atoms with Crippen LogP contribution in [-0.2, 0) is 21.4 Å². The van der Waals surface area contributed by atoms with Crippen molar-refractivity contribution in [3.8, 4) is 0 Å². The van der Waals surface area contributed by atoms with Gasteiger partial charge in [-0.25, -0.2) is 13.1 Å². The largest absolute Gasteiger partial charge is 0.326 e. The van der Waals surface area contributed by atoms with E-state index in [4.69, 9.17) is 0 Å². The summed E-state index contributed by atoms with van der Waals surface area (Å²) in [6.07, 6.45) is 0. The summed E-state index contributed by atoms with van der Waals surface area (Å²) >= 11 is 0. The average Bonchev–Trinajstić information content (AvgIpc) is 2.78. The number of para-hydroxylation sites is 1. The average molecular weight is 438 g/mol. The molecule has 0 aliphatic carbocycles. The van der Waals surface area contributed by atoms with E-state index in [-0.39, 0.29) is 23.3 Å². The van der Waals surface area contributed by atoms with Crippen LogP contribution in [0.5, 0.6) is 0 Å². The zero-order valence-electron chi connectivity index (χ0n) is 17.2. The van der Waals surface area contributed by atoms with E-state index in [2.05, 4.69) is 10.0 Å². The third-order valence-corrected chi connectivity index (χ3v) is 6.02. The first-order chi connectivity index (χ1) is 14.8. The molecular weight excluding hydrogens is 414 g/mol. The molecule has 0 saturated heterocycles. The lowest BCUT2D eigenvalue weighted by Gasteiger charge is -2.17. The maximum absolute atomic E-state index is 12.6. The maximum atomic E-state index is 12.6. The summed E-state index contributed by atoms with van der Waals surface area (Å²) in [5.41, 5.74) is 2.53. The Labute approximate surface area is 181 Å². The highest BCUT2D eigenvalue weighted by Gasteiger charge is 2.15. The lowest BCUT2D eigenvalue weighted by atomic mass is 10.1. The number of sulfonamides is 1. The molecule has 7 nitrogen and oxygen atoms in total. The third-order valence-electron chi connectivity index (χ3n) is 4.60. The Bertz CT molecular complexity index is 1160.